The highest BCUT2D eigenvalue weighted by Crippen LogP contribution is 2.31. The summed E-state index contributed by atoms with van der Waals surface area (Å²) < 4.78 is 2.85. The van der Waals surface area contributed by atoms with Crippen LogP contribution in [0.2, 0.25) is 0 Å². The molecule has 0 saturated heterocycles. The van der Waals surface area contributed by atoms with Crippen LogP contribution in [0.4, 0.5) is 0 Å². The molecule has 3 rings (SSSR count). The van der Waals surface area contributed by atoms with E-state index in [9.17, 15) is 4.79 Å². The molecule has 2 aromatic heterocycles. The number of hydrogen-bond donors (Lipinski definition) is 1. The van der Waals surface area contributed by atoms with Crippen LogP contribution in [0.25, 0.3) is 16.3 Å². The highest BCUT2D eigenvalue weighted by molar-refractivity contribution is 9.11. The largest absolute Gasteiger partial charge is 0.268 e. The van der Waals surface area contributed by atoms with Crippen molar-refractivity contribution in [3.05, 3.63) is 62.7 Å². The molecule has 3 nitrogen and oxygen atoms in total. The van der Waals surface area contributed by atoms with Crippen LogP contribution in [0.5, 0.6) is 0 Å². The summed E-state index contributed by atoms with van der Waals surface area (Å²) in [5.41, 5.74) is 1.72. The van der Waals surface area contributed by atoms with E-state index >= 15 is 0 Å². The van der Waals surface area contributed by atoms with Crippen LogP contribution in [-0.4, -0.2) is 9.78 Å². The second-order valence-corrected chi connectivity index (χ2v) is 6.24. The van der Waals surface area contributed by atoms with Crippen LogP contribution in [0.15, 0.2) is 57.1 Å². The number of thiophene rings is 1. The Morgan fingerprint density at radius 3 is 2.56 bits per heavy atom. The molecule has 0 aliphatic rings. The van der Waals surface area contributed by atoms with Gasteiger partial charge in [0.2, 0.25) is 0 Å². The highest BCUT2D eigenvalue weighted by atomic mass is 79.9. The number of aromatic nitrogens is 2. The lowest BCUT2D eigenvalue weighted by Gasteiger charge is -2.06. The lowest BCUT2D eigenvalue weighted by atomic mass is 10.3. The molecule has 1 N–H and O–H groups in total. The van der Waals surface area contributed by atoms with Crippen molar-refractivity contribution < 1.29 is 0 Å². The van der Waals surface area contributed by atoms with Crippen molar-refractivity contribution in [3.8, 4) is 16.3 Å². The maximum absolute atomic E-state index is 11.6. The molecule has 0 unspecified atom stereocenters. The minimum Gasteiger partial charge on any atom is -0.268 e. The Morgan fingerprint density at radius 2 is 1.89 bits per heavy atom. The Balaban J connectivity index is 2.20. The molecule has 0 aliphatic heterocycles. The molecule has 0 aliphatic carbocycles. The van der Waals surface area contributed by atoms with Crippen LogP contribution in [0.3, 0.4) is 0 Å². The molecule has 0 spiro atoms. The van der Waals surface area contributed by atoms with Crippen molar-refractivity contribution in [1.29, 1.82) is 0 Å². The summed E-state index contributed by atoms with van der Waals surface area (Å²) in [4.78, 5) is 12.6. The fraction of sp³-hybridized carbons (Fsp3) is 0. The van der Waals surface area contributed by atoms with Gasteiger partial charge < -0.3 is 0 Å². The SMILES string of the molecule is O=c1cc(-c2ccc(Br)s2)n(-c2ccccc2)[nH]1. The minimum atomic E-state index is -0.0987. The van der Waals surface area contributed by atoms with E-state index in [1.807, 2.05) is 42.5 Å². The van der Waals surface area contributed by atoms with Crippen molar-refractivity contribution in [1.82, 2.24) is 9.78 Å². The van der Waals surface area contributed by atoms with Gasteiger partial charge in [-0.2, -0.15) is 0 Å². The van der Waals surface area contributed by atoms with Gasteiger partial charge in [0, 0.05) is 6.07 Å². The van der Waals surface area contributed by atoms with Crippen molar-refractivity contribution in [2.45, 2.75) is 0 Å². The number of nitrogens with one attached hydrogen (secondary N) is 1. The molecule has 0 radical (unpaired) electrons. The van der Waals surface area contributed by atoms with Crippen molar-refractivity contribution in [2.24, 2.45) is 0 Å². The maximum Gasteiger partial charge on any atom is 0.265 e. The molecule has 2 heterocycles. The first-order chi connectivity index (χ1) is 8.74. The van der Waals surface area contributed by atoms with Crippen LogP contribution < -0.4 is 5.56 Å². The van der Waals surface area contributed by atoms with Crippen molar-refractivity contribution in [3.63, 3.8) is 0 Å². The van der Waals surface area contributed by atoms with Gasteiger partial charge in [-0.05, 0) is 40.2 Å². The first-order valence-corrected chi connectivity index (χ1v) is 6.98. The number of halogens is 1. The van der Waals surface area contributed by atoms with Gasteiger partial charge in [0.15, 0.2) is 0 Å². The number of H-pyrrole nitrogens is 1. The van der Waals surface area contributed by atoms with E-state index in [0.717, 1.165) is 20.0 Å². The fourth-order valence-corrected chi connectivity index (χ4v) is 3.20. The quantitative estimate of drug-likeness (QED) is 0.768. The third kappa shape index (κ3) is 2.07. The number of rotatable bonds is 2. The zero-order chi connectivity index (χ0) is 12.5. The molecular formula is C13H9BrN2OS. The van der Waals surface area contributed by atoms with E-state index in [0.29, 0.717) is 0 Å². The predicted molar refractivity (Wildman–Crippen MR) is 77.4 cm³/mol. The van der Waals surface area contributed by atoms with Crippen LogP contribution in [0, 0.1) is 0 Å². The maximum atomic E-state index is 11.6. The summed E-state index contributed by atoms with van der Waals surface area (Å²) in [7, 11) is 0. The molecule has 1 aromatic carbocycles. The highest BCUT2D eigenvalue weighted by Gasteiger charge is 2.10. The number of nitrogens with zero attached hydrogens (tertiary/aromatic N) is 1. The standard InChI is InChI=1S/C13H9BrN2OS/c14-12-7-6-11(18-12)10-8-13(17)15-16(10)9-4-2-1-3-5-9/h1-8H,(H,15,17). The number of para-hydroxylation sites is 1. The normalized spacial score (nSPS) is 10.7. The Labute approximate surface area is 116 Å². The van der Waals surface area contributed by atoms with E-state index in [1.54, 1.807) is 22.1 Å². The van der Waals surface area contributed by atoms with E-state index in [4.69, 9.17) is 0 Å². The van der Waals surface area contributed by atoms with Gasteiger partial charge in [-0.15, -0.1) is 11.3 Å². The summed E-state index contributed by atoms with van der Waals surface area (Å²) in [5.74, 6) is 0. The second-order valence-electron chi connectivity index (χ2n) is 3.78. The minimum absolute atomic E-state index is 0.0987. The van der Waals surface area contributed by atoms with Crippen LogP contribution >= 0.6 is 27.3 Å². The van der Waals surface area contributed by atoms with Crippen LogP contribution in [-0.2, 0) is 0 Å². The molecule has 0 saturated carbocycles. The summed E-state index contributed by atoms with van der Waals surface area (Å²) in [5, 5.41) is 2.82. The summed E-state index contributed by atoms with van der Waals surface area (Å²) in [6, 6.07) is 15.4. The smallest absolute Gasteiger partial charge is 0.265 e. The van der Waals surface area contributed by atoms with Crippen molar-refractivity contribution >= 4 is 27.3 Å². The first kappa shape index (κ1) is 11.5. The van der Waals surface area contributed by atoms with Crippen LogP contribution in [0.1, 0.15) is 0 Å². The molecule has 0 atom stereocenters. The fourth-order valence-electron chi connectivity index (χ4n) is 1.81. The third-order valence-electron chi connectivity index (χ3n) is 2.57. The van der Waals surface area contributed by atoms with Gasteiger partial charge in [0.25, 0.3) is 5.56 Å². The Kier molecular flexibility index (Phi) is 2.93. The predicted octanol–water partition coefficient (Wildman–Crippen LogP) is 3.66. The van der Waals surface area contributed by atoms with Gasteiger partial charge >= 0.3 is 0 Å². The van der Waals surface area contributed by atoms with Gasteiger partial charge in [-0.25, -0.2) is 0 Å². The van der Waals surface area contributed by atoms with Gasteiger partial charge in [0.1, 0.15) is 0 Å². The molecule has 0 amide bonds. The lowest BCUT2D eigenvalue weighted by Crippen LogP contribution is -2.03. The van der Waals surface area contributed by atoms with E-state index in [-0.39, 0.29) is 5.56 Å². The summed E-state index contributed by atoms with van der Waals surface area (Å²) in [6.07, 6.45) is 0. The summed E-state index contributed by atoms with van der Waals surface area (Å²) in [6.45, 7) is 0. The van der Waals surface area contributed by atoms with E-state index in [2.05, 4.69) is 21.0 Å². The van der Waals surface area contributed by atoms with Gasteiger partial charge in [0.05, 0.1) is 20.0 Å². The lowest BCUT2D eigenvalue weighted by molar-refractivity contribution is 0.872. The first-order valence-electron chi connectivity index (χ1n) is 5.37. The molecule has 3 aromatic rings. The Morgan fingerprint density at radius 1 is 1.11 bits per heavy atom. The number of benzene rings is 1. The summed E-state index contributed by atoms with van der Waals surface area (Å²) >= 11 is 5.04. The second kappa shape index (κ2) is 4.59. The Bertz CT molecular complexity index is 727. The molecular weight excluding hydrogens is 312 g/mol. The number of aromatic amines is 1. The molecule has 18 heavy (non-hydrogen) atoms. The molecule has 0 fully saturated rings. The zero-order valence-electron chi connectivity index (χ0n) is 9.26. The molecule has 0 bridgehead atoms. The zero-order valence-corrected chi connectivity index (χ0v) is 11.7. The monoisotopic (exact) mass is 320 g/mol. The van der Waals surface area contributed by atoms with Gasteiger partial charge in [-0.3, -0.25) is 14.6 Å². The van der Waals surface area contributed by atoms with Gasteiger partial charge in [-0.1, -0.05) is 18.2 Å². The van der Waals surface area contributed by atoms with E-state index in [1.165, 1.54) is 0 Å². The Hall–Kier alpha value is -1.59. The topological polar surface area (TPSA) is 37.8 Å². The van der Waals surface area contributed by atoms with E-state index < -0.39 is 0 Å². The number of hydrogen-bond acceptors (Lipinski definition) is 2. The van der Waals surface area contributed by atoms with Crippen molar-refractivity contribution in [2.75, 3.05) is 0 Å². The molecule has 90 valence electrons. The third-order valence-corrected chi connectivity index (χ3v) is 4.22. The molecule has 5 heteroatoms. The average molecular weight is 321 g/mol. The average Bonchev–Trinajstić information content (AvgIpc) is 2.96.